The van der Waals surface area contributed by atoms with Crippen LogP contribution in [0.4, 0.5) is 5.69 Å². The molecule has 0 unspecified atom stereocenters. The number of nitrogens with one attached hydrogen (secondary N) is 1. The highest BCUT2D eigenvalue weighted by Crippen LogP contribution is 2.28. The molecule has 4 nitrogen and oxygen atoms in total. The lowest BCUT2D eigenvalue weighted by Crippen LogP contribution is -2.03. The van der Waals surface area contributed by atoms with Crippen molar-refractivity contribution in [1.82, 2.24) is 4.98 Å². The van der Waals surface area contributed by atoms with Crippen molar-refractivity contribution in [2.75, 3.05) is 5.32 Å². The first-order valence-corrected chi connectivity index (χ1v) is 4.64. The summed E-state index contributed by atoms with van der Waals surface area (Å²) in [6, 6.07) is 5.80. The summed E-state index contributed by atoms with van der Waals surface area (Å²) in [7, 11) is 0. The summed E-state index contributed by atoms with van der Waals surface area (Å²) in [6.07, 6.45) is 3.44. The number of carbonyl (C=O) groups is 1. The molecule has 15 heavy (non-hydrogen) atoms. The number of nitrogens with zero attached hydrogens (tertiary/aromatic N) is 1. The Kier molecular flexibility index (Phi) is 1.62. The van der Waals surface area contributed by atoms with Gasteiger partial charge in [-0.1, -0.05) is 12.1 Å². The lowest BCUT2D eigenvalue weighted by molar-refractivity contribution is -0.115. The average molecular weight is 200 g/mol. The molecule has 1 aromatic carbocycles. The molecule has 1 aliphatic rings. The van der Waals surface area contributed by atoms with E-state index in [1.165, 1.54) is 6.39 Å². The summed E-state index contributed by atoms with van der Waals surface area (Å²) in [6.45, 7) is 0. The van der Waals surface area contributed by atoms with E-state index in [1.54, 1.807) is 6.26 Å². The SMILES string of the molecule is O=C1Cc2ccc(-c3cocn3)cc2N1. The van der Waals surface area contributed by atoms with Crippen molar-refractivity contribution in [3.63, 3.8) is 0 Å². The maximum Gasteiger partial charge on any atom is 0.228 e. The van der Waals surface area contributed by atoms with Gasteiger partial charge in [-0.25, -0.2) is 4.98 Å². The molecular weight excluding hydrogens is 192 g/mol. The molecule has 0 fully saturated rings. The normalized spacial score (nSPS) is 13.7. The monoisotopic (exact) mass is 200 g/mol. The van der Waals surface area contributed by atoms with E-state index in [-0.39, 0.29) is 5.91 Å². The highest BCUT2D eigenvalue weighted by molar-refractivity contribution is 5.99. The lowest BCUT2D eigenvalue weighted by atomic mass is 10.1. The zero-order valence-corrected chi connectivity index (χ0v) is 7.86. The van der Waals surface area contributed by atoms with Crippen molar-refractivity contribution < 1.29 is 9.21 Å². The molecule has 0 aliphatic carbocycles. The third-order valence-electron chi connectivity index (χ3n) is 2.46. The van der Waals surface area contributed by atoms with Gasteiger partial charge in [0.05, 0.1) is 6.42 Å². The number of aromatic nitrogens is 1. The second kappa shape index (κ2) is 2.95. The molecule has 74 valence electrons. The van der Waals surface area contributed by atoms with Gasteiger partial charge in [-0.3, -0.25) is 4.79 Å². The Bertz CT molecular complexity index is 517. The highest BCUT2D eigenvalue weighted by Gasteiger charge is 2.17. The van der Waals surface area contributed by atoms with E-state index < -0.39 is 0 Å². The molecule has 1 N–H and O–H groups in total. The summed E-state index contributed by atoms with van der Waals surface area (Å²) in [4.78, 5) is 15.2. The summed E-state index contributed by atoms with van der Waals surface area (Å²) >= 11 is 0. The molecule has 1 aromatic heterocycles. The summed E-state index contributed by atoms with van der Waals surface area (Å²) in [5.41, 5.74) is 3.64. The predicted molar refractivity (Wildman–Crippen MR) is 54.3 cm³/mol. The Balaban J connectivity index is 2.07. The molecule has 2 heterocycles. The minimum Gasteiger partial charge on any atom is -0.451 e. The van der Waals surface area contributed by atoms with Crippen LogP contribution in [-0.4, -0.2) is 10.9 Å². The first-order valence-electron chi connectivity index (χ1n) is 4.64. The number of amides is 1. The molecular formula is C11H8N2O2. The third kappa shape index (κ3) is 1.30. The quantitative estimate of drug-likeness (QED) is 0.764. The van der Waals surface area contributed by atoms with Crippen LogP contribution in [0.5, 0.6) is 0 Å². The number of oxazole rings is 1. The largest absolute Gasteiger partial charge is 0.451 e. The van der Waals surface area contributed by atoms with E-state index in [0.717, 1.165) is 22.5 Å². The Morgan fingerprint density at radius 2 is 2.33 bits per heavy atom. The van der Waals surface area contributed by atoms with E-state index in [4.69, 9.17) is 4.42 Å². The van der Waals surface area contributed by atoms with Gasteiger partial charge < -0.3 is 9.73 Å². The van der Waals surface area contributed by atoms with Crippen LogP contribution in [0.15, 0.2) is 35.3 Å². The van der Waals surface area contributed by atoms with E-state index in [9.17, 15) is 4.79 Å². The number of anilines is 1. The van der Waals surface area contributed by atoms with Gasteiger partial charge >= 0.3 is 0 Å². The molecule has 0 atom stereocenters. The van der Waals surface area contributed by atoms with Gasteiger partial charge in [-0.2, -0.15) is 0 Å². The fourth-order valence-electron chi connectivity index (χ4n) is 1.73. The summed E-state index contributed by atoms with van der Waals surface area (Å²) in [5.74, 6) is 0.0438. The number of benzene rings is 1. The molecule has 0 radical (unpaired) electrons. The molecule has 0 spiro atoms. The number of hydrogen-bond acceptors (Lipinski definition) is 3. The topological polar surface area (TPSA) is 55.1 Å². The van der Waals surface area contributed by atoms with Crippen LogP contribution in [0.25, 0.3) is 11.3 Å². The van der Waals surface area contributed by atoms with Crippen LogP contribution in [0.2, 0.25) is 0 Å². The maximum absolute atomic E-state index is 11.2. The van der Waals surface area contributed by atoms with Crippen LogP contribution < -0.4 is 5.32 Å². The molecule has 4 heteroatoms. The molecule has 1 amide bonds. The molecule has 0 bridgehead atoms. The number of carbonyl (C=O) groups excluding carboxylic acids is 1. The van der Waals surface area contributed by atoms with Gasteiger partial charge in [-0.15, -0.1) is 0 Å². The number of rotatable bonds is 1. The van der Waals surface area contributed by atoms with Crippen LogP contribution >= 0.6 is 0 Å². The fourth-order valence-corrected chi connectivity index (χ4v) is 1.73. The maximum atomic E-state index is 11.2. The van der Waals surface area contributed by atoms with E-state index in [1.807, 2.05) is 18.2 Å². The zero-order valence-electron chi connectivity index (χ0n) is 7.86. The van der Waals surface area contributed by atoms with Crippen molar-refractivity contribution in [3.8, 4) is 11.3 Å². The smallest absolute Gasteiger partial charge is 0.228 e. The van der Waals surface area contributed by atoms with Crippen molar-refractivity contribution in [3.05, 3.63) is 36.4 Å². The molecule has 0 saturated heterocycles. The van der Waals surface area contributed by atoms with Gasteiger partial charge in [0.1, 0.15) is 12.0 Å². The highest BCUT2D eigenvalue weighted by atomic mass is 16.3. The minimum atomic E-state index is 0.0438. The Hall–Kier alpha value is -2.10. The van der Waals surface area contributed by atoms with Crippen LogP contribution in [0.1, 0.15) is 5.56 Å². The lowest BCUT2D eigenvalue weighted by Gasteiger charge is -2.00. The van der Waals surface area contributed by atoms with E-state index in [2.05, 4.69) is 10.3 Å². The van der Waals surface area contributed by atoms with Crippen LogP contribution in [-0.2, 0) is 11.2 Å². The second-order valence-electron chi connectivity index (χ2n) is 3.47. The summed E-state index contributed by atoms with van der Waals surface area (Å²) < 4.78 is 4.91. The van der Waals surface area contributed by atoms with Crippen molar-refractivity contribution >= 4 is 11.6 Å². The standard InChI is InChI=1S/C11H8N2O2/c14-11-4-8-2-1-7(3-9(8)13-11)10-5-15-6-12-10/h1-3,5-6H,4H2,(H,13,14). The van der Waals surface area contributed by atoms with Gasteiger partial charge in [0.15, 0.2) is 6.39 Å². The Morgan fingerprint density at radius 3 is 3.13 bits per heavy atom. The first kappa shape index (κ1) is 8.23. The molecule has 3 rings (SSSR count). The second-order valence-corrected chi connectivity index (χ2v) is 3.47. The van der Waals surface area contributed by atoms with Crippen molar-refractivity contribution in [2.24, 2.45) is 0 Å². The van der Waals surface area contributed by atoms with Gasteiger partial charge in [0, 0.05) is 11.3 Å². The minimum absolute atomic E-state index is 0.0438. The van der Waals surface area contributed by atoms with Gasteiger partial charge in [-0.05, 0) is 11.6 Å². The molecule has 1 aliphatic heterocycles. The van der Waals surface area contributed by atoms with Crippen LogP contribution in [0.3, 0.4) is 0 Å². The van der Waals surface area contributed by atoms with Crippen molar-refractivity contribution in [2.45, 2.75) is 6.42 Å². The van der Waals surface area contributed by atoms with Crippen LogP contribution in [0, 0.1) is 0 Å². The van der Waals surface area contributed by atoms with Gasteiger partial charge in [0.2, 0.25) is 5.91 Å². The Morgan fingerprint density at radius 1 is 1.40 bits per heavy atom. The first-order chi connectivity index (χ1) is 7.33. The average Bonchev–Trinajstić information content (AvgIpc) is 2.82. The molecule has 0 saturated carbocycles. The van der Waals surface area contributed by atoms with E-state index >= 15 is 0 Å². The third-order valence-corrected chi connectivity index (χ3v) is 2.46. The zero-order chi connectivity index (χ0) is 10.3. The van der Waals surface area contributed by atoms with E-state index in [0.29, 0.717) is 6.42 Å². The number of hydrogen-bond donors (Lipinski definition) is 1. The summed E-state index contributed by atoms with van der Waals surface area (Å²) in [5, 5.41) is 2.80. The van der Waals surface area contributed by atoms with Crippen molar-refractivity contribution in [1.29, 1.82) is 0 Å². The molecule has 2 aromatic rings. The fraction of sp³-hybridized carbons (Fsp3) is 0.0909. The predicted octanol–water partition coefficient (Wildman–Crippen LogP) is 1.84. The Labute approximate surface area is 85.9 Å². The number of fused-ring (bicyclic) bond motifs is 1. The van der Waals surface area contributed by atoms with Gasteiger partial charge in [0.25, 0.3) is 0 Å².